The van der Waals surface area contributed by atoms with Crippen molar-refractivity contribution in [2.75, 3.05) is 7.11 Å². The largest absolute Gasteiger partial charge is 0.399 e. The first kappa shape index (κ1) is 12.4. The standard InChI is InChI=1S/C16H17NO/c1-3-4-9-16(17-18-2)15-11-10-13-7-5-6-8-14(13)12-15/h3,5-8,10-12H,1,4,9H2,2H3. The minimum Gasteiger partial charge on any atom is -0.399 e. The molecule has 0 saturated carbocycles. The number of allylic oxidation sites excluding steroid dienone is 1. The molecule has 0 spiro atoms. The highest BCUT2D eigenvalue weighted by molar-refractivity contribution is 6.03. The first-order valence-electron chi connectivity index (χ1n) is 6.05. The molecule has 0 saturated heterocycles. The molecule has 18 heavy (non-hydrogen) atoms. The Morgan fingerprint density at radius 3 is 2.72 bits per heavy atom. The summed E-state index contributed by atoms with van der Waals surface area (Å²) in [5.41, 5.74) is 2.07. The molecule has 0 aliphatic heterocycles. The highest BCUT2D eigenvalue weighted by atomic mass is 16.6. The lowest BCUT2D eigenvalue weighted by Crippen LogP contribution is -2.01. The molecule has 2 nitrogen and oxygen atoms in total. The Bertz CT molecular complexity index is 572. The smallest absolute Gasteiger partial charge is 0.106 e. The van der Waals surface area contributed by atoms with Crippen LogP contribution < -0.4 is 0 Å². The van der Waals surface area contributed by atoms with Gasteiger partial charge in [0.25, 0.3) is 0 Å². The summed E-state index contributed by atoms with van der Waals surface area (Å²) in [4.78, 5) is 4.92. The average Bonchev–Trinajstić information content (AvgIpc) is 2.43. The van der Waals surface area contributed by atoms with Crippen molar-refractivity contribution in [3.63, 3.8) is 0 Å². The molecule has 2 heteroatoms. The Morgan fingerprint density at radius 2 is 2.00 bits per heavy atom. The van der Waals surface area contributed by atoms with E-state index in [1.807, 2.05) is 18.2 Å². The van der Waals surface area contributed by atoms with Crippen LogP contribution >= 0.6 is 0 Å². The van der Waals surface area contributed by atoms with Crippen molar-refractivity contribution < 1.29 is 4.84 Å². The maximum Gasteiger partial charge on any atom is 0.106 e. The Morgan fingerprint density at radius 1 is 1.22 bits per heavy atom. The summed E-state index contributed by atoms with van der Waals surface area (Å²) in [7, 11) is 1.58. The van der Waals surface area contributed by atoms with Crippen molar-refractivity contribution in [1.82, 2.24) is 0 Å². The maximum absolute atomic E-state index is 4.92. The van der Waals surface area contributed by atoms with E-state index < -0.39 is 0 Å². The van der Waals surface area contributed by atoms with Crippen LogP contribution in [0.4, 0.5) is 0 Å². The summed E-state index contributed by atoms with van der Waals surface area (Å²) in [6.45, 7) is 3.74. The molecular weight excluding hydrogens is 222 g/mol. The maximum atomic E-state index is 4.92. The van der Waals surface area contributed by atoms with Gasteiger partial charge in [0, 0.05) is 0 Å². The monoisotopic (exact) mass is 239 g/mol. The first-order valence-corrected chi connectivity index (χ1v) is 6.05. The quantitative estimate of drug-likeness (QED) is 0.436. The van der Waals surface area contributed by atoms with E-state index >= 15 is 0 Å². The summed E-state index contributed by atoms with van der Waals surface area (Å²) in [6.07, 6.45) is 3.64. The molecule has 2 aromatic carbocycles. The van der Waals surface area contributed by atoms with Gasteiger partial charge in [-0.15, -0.1) is 6.58 Å². The van der Waals surface area contributed by atoms with E-state index in [4.69, 9.17) is 4.84 Å². The number of oxime groups is 1. The lowest BCUT2D eigenvalue weighted by Gasteiger charge is -2.06. The molecule has 0 aromatic heterocycles. The molecule has 0 radical (unpaired) electrons. The van der Waals surface area contributed by atoms with Crippen molar-refractivity contribution in [1.29, 1.82) is 0 Å². The molecule has 0 bridgehead atoms. The topological polar surface area (TPSA) is 21.6 Å². The van der Waals surface area contributed by atoms with Gasteiger partial charge in [-0.05, 0) is 35.2 Å². The fourth-order valence-electron chi connectivity index (χ4n) is 1.96. The summed E-state index contributed by atoms with van der Waals surface area (Å²) in [6, 6.07) is 14.7. The highest BCUT2D eigenvalue weighted by Gasteiger charge is 2.04. The number of fused-ring (bicyclic) bond motifs is 1. The molecule has 0 N–H and O–H groups in total. The lowest BCUT2D eigenvalue weighted by atomic mass is 10.0. The Labute approximate surface area is 108 Å². The van der Waals surface area contributed by atoms with Crippen molar-refractivity contribution in [3.05, 3.63) is 60.7 Å². The number of hydrogen-bond acceptors (Lipinski definition) is 2. The second-order valence-corrected chi connectivity index (χ2v) is 4.11. The van der Waals surface area contributed by atoms with Crippen LogP contribution in [-0.2, 0) is 4.84 Å². The molecule has 0 aliphatic rings. The van der Waals surface area contributed by atoms with Crippen LogP contribution in [0.1, 0.15) is 18.4 Å². The van der Waals surface area contributed by atoms with Crippen molar-refractivity contribution in [2.45, 2.75) is 12.8 Å². The second-order valence-electron chi connectivity index (χ2n) is 4.11. The Hall–Kier alpha value is -2.09. The van der Waals surface area contributed by atoms with Gasteiger partial charge in [-0.1, -0.05) is 47.6 Å². The molecular formula is C16H17NO. The molecule has 0 amide bonds. The van der Waals surface area contributed by atoms with Crippen molar-refractivity contribution in [3.8, 4) is 0 Å². The van der Waals surface area contributed by atoms with Crippen LogP contribution in [0.25, 0.3) is 10.8 Å². The Balaban J connectivity index is 2.38. The summed E-state index contributed by atoms with van der Waals surface area (Å²) >= 11 is 0. The highest BCUT2D eigenvalue weighted by Crippen LogP contribution is 2.17. The number of rotatable bonds is 5. The molecule has 0 fully saturated rings. The zero-order chi connectivity index (χ0) is 12.8. The first-order chi connectivity index (χ1) is 8.85. The third-order valence-electron chi connectivity index (χ3n) is 2.87. The van der Waals surface area contributed by atoms with E-state index in [1.165, 1.54) is 10.8 Å². The molecule has 92 valence electrons. The fourth-order valence-corrected chi connectivity index (χ4v) is 1.96. The van der Waals surface area contributed by atoms with Gasteiger partial charge in [0.05, 0.1) is 5.71 Å². The molecule has 0 unspecified atom stereocenters. The second kappa shape index (κ2) is 6.01. The van der Waals surface area contributed by atoms with E-state index in [9.17, 15) is 0 Å². The van der Waals surface area contributed by atoms with Gasteiger partial charge >= 0.3 is 0 Å². The molecule has 0 aliphatic carbocycles. The van der Waals surface area contributed by atoms with Gasteiger partial charge < -0.3 is 4.84 Å². The summed E-state index contributed by atoms with van der Waals surface area (Å²) in [5.74, 6) is 0. The molecule has 2 rings (SSSR count). The van der Waals surface area contributed by atoms with Crippen LogP contribution in [0.3, 0.4) is 0 Å². The van der Waals surface area contributed by atoms with Crippen LogP contribution in [0, 0.1) is 0 Å². The van der Waals surface area contributed by atoms with E-state index in [0.717, 1.165) is 24.1 Å². The predicted molar refractivity (Wildman–Crippen MR) is 76.9 cm³/mol. The number of benzene rings is 2. The zero-order valence-electron chi connectivity index (χ0n) is 10.6. The SMILES string of the molecule is C=CCCC(=NOC)c1ccc2ccccc2c1. The fraction of sp³-hybridized carbons (Fsp3) is 0.188. The third-order valence-corrected chi connectivity index (χ3v) is 2.87. The molecule has 0 atom stereocenters. The van der Waals surface area contributed by atoms with Crippen molar-refractivity contribution >= 4 is 16.5 Å². The van der Waals surface area contributed by atoms with Crippen LogP contribution in [0.15, 0.2) is 60.3 Å². The summed E-state index contributed by atoms with van der Waals surface area (Å²) in [5, 5.41) is 6.57. The van der Waals surface area contributed by atoms with Gasteiger partial charge in [-0.3, -0.25) is 0 Å². The minimum absolute atomic E-state index is 0.843. The van der Waals surface area contributed by atoms with Gasteiger partial charge in [-0.2, -0.15) is 0 Å². The van der Waals surface area contributed by atoms with Gasteiger partial charge in [0.15, 0.2) is 0 Å². The molecule has 0 heterocycles. The zero-order valence-corrected chi connectivity index (χ0v) is 10.6. The predicted octanol–water partition coefficient (Wildman–Crippen LogP) is 4.16. The van der Waals surface area contributed by atoms with Crippen LogP contribution in [-0.4, -0.2) is 12.8 Å². The minimum atomic E-state index is 0.843. The van der Waals surface area contributed by atoms with Crippen LogP contribution in [0.5, 0.6) is 0 Å². The lowest BCUT2D eigenvalue weighted by molar-refractivity contribution is 0.213. The average molecular weight is 239 g/mol. The normalized spacial score (nSPS) is 11.5. The third kappa shape index (κ3) is 2.77. The van der Waals surface area contributed by atoms with Crippen LogP contribution in [0.2, 0.25) is 0 Å². The van der Waals surface area contributed by atoms with E-state index in [0.29, 0.717) is 0 Å². The van der Waals surface area contributed by atoms with Crippen molar-refractivity contribution in [2.24, 2.45) is 5.16 Å². The van der Waals surface area contributed by atoms with Gasteiger partial charge in [0.2, 0.25) is 0 Å². The van der Waals surface area contributed by atoms with E-state index in [1.54, 1.807) is 7.11 Å². The van der Waals surface area contributed by atoms with Gasteiger partial charge in [-0.25, -0.2) is 0 Å². The molecule has 2 aromatic rings. The Kier molecular flexibility index (Phi) is 4.13. The number of hydrogen-bond donors (Lipinski definition) is 0. The number of nitrogens with zero attached hydrogens (tertiary/aromatic N) is 1. The van der Waals surface area contributed by atoms with E-state index in [-0.39, 0.29) is 0 Å². The van der Waals surface area contributed by atoms with Gasteiger partial charge in [0.1, 0.15) is 7.11 Å². The van der Waals surface area contributed by atoms with E-state index in [2.05, 4.69) is 42.1 Å². The summed E-state index contributed by atoms with van der Waals surface area (Å²) < 4.78 is 0.